The minimum absolute atomic E-state index is 0.0729. The third-order valence-corrected chi connectivity index (χ3v) is 4.16. The molecule has 118 valence electrons. The maximum atomic E-state index is 11.7. The second-order valence-corrected chi connectivity index (χ2v) is 6.23. The van der Waals surface area contributed by atoms with Crippen LogP contribution in [-0.2, 0) is 9.59 Å². The first-order valence-corrected chi connectivity index (χ1v) is 7.81. The van der Waals surface area contributed by atoms with Crippen LogP contribution in [0.25, 0.3) is 11.7 Å². The average molecular weight is 332 g/mol. The van der Waals surface area contributed by atoms with Gasteiger partial charge in [0.05, 0.1) is 12.6 Å². The van der Waals surface area contributed by atoms with Crippen molar-refractivity contribution in [2.45, 2.75) is 19.3 Å². The number of imide groups is 1. The Morgan fingerprint density at radius 2 is 2.26 bits per heavy atom. The molecular weight excluding hydrogens is 318 g/mol. The fourth-order valence-corrected chi connectivity index (χ4v) is 2.74. The molecule has 0 aromatic carbocycles. The number of halogens is 1. The summed E-state index contributed by atoms with van der Waals surface area (Å²) in [6.07, 6.45) is 5.81. The maximum absolute atomic E-state index is 11.7. The molecule has 2 aromatic heterocycles. The van der Waals surface area contributed by atoms with Gasteiger partial charge in [0.25, 0.3) is 5.91 Å². The number of amides is 2. The summed E-state index contributed by atoms with van der Waals surface area (Å²) < 4.78 is 1.66. The summed E-state index contributed by atoms with van der Waals surface area (Å²) in [5.41, 5.74) is 1.61. The number of rotatable bonds is 4. The van der Waals surface area contributed by atoms with E-state index in [1.807, 2.05) is 0 Å². The topological polar surface area (TPSA) is 88.4 Å². The van der Waals surface area contributed by atoms with Crippen molar-refractivity contribution in [2.75, 3.05) is 11.9 Å². The van der Waals surface area contributed by atoms with Crippen LogP contribution in [-0.4, -0.2) is 33.0 Å². The van der Waals surface area contributed by atoms with E-state index in [2.05, 4.69) is 20.7 Å². The monoisotopic (exact) mass is 331 g/mol. The Bertz CT molecular complexity index is 853. The number of hydrogen-bond acceptors (Lipinski definition) is 5. The van der Waals surface area contributed by atoms with E-state index in [4.69, 9.17) is 11.6 Å². The molecule has 2 aliphatic rings. The fraction of sp³-hybridized carbons (Fsp3) is 0.333. The lowest BCUT2D eigenvalue weighted by Crippen LogP contribution is -2.19. The molecule has 23 heavy (non-hydrogen) atoms. The molecule has 0 radical (unpaired) electrons. The van der Waals surface area contributed by atoms with Crippen molar-refractivity contribution in [2.24, 2.45) is 5.92 Å². The molecule has 0 atom stereocenters. The van der Waals surface area contributed by atoms with Crippen LogP contribution in [0.3, 0.4) is 0 Å². The van der Waals surface area contributed by atoms with Gasteiger partial charge in [0.2, 0.25) is 5.91 Å². The second kappa shape index (κ2) is 5.34. The largest absolute Gasteiger partial charge is 0.370 e. The minimum Gasteiger partial charge on any atom is -0.370 e. The van der Waals surface area contributed by atoms with Crippen molar-refractivity contribution in [1.29, 1.82) is 0 Å². The zero-order valence-electron chi connectivity index (χ0n) is 12.2. The van der Waals surface area contributed by atoms with Gasteiger partial charge in [-0.25, -0.2) is 4.98 Å². The van der Waals surface area contributed by atoms with Gasteiger partial charge in [0, 0.05) is 23.7 Å². The van der Waals surface area contributed by atoms with Gasteiger partial charge in [-0.1, -0.05) is 11.6 Å². The van der Waals surface area contributed by atoms with Gasteiger partial charge in [-0.2, -0.15) is 9.61 Å². The third-order valence-electron chi connectivity index (χ3n) is 3.96. The molecule has 1 saturated heterocycles. The molecule has 2 fully saturated rings. The number of nitrogens with one attached hydrogen (secondary N) is 2. The van der Waals surface area contributed by atoms with E-state index in [0.717, 1.165) is 12.4 Å². The normalized spacial score (nSPS) is 19.6. The molecule has 2 amide bonds. The Kier molecular flexibility index (Phi) is 3.30. The van der Waals surface area contributed by atoms with E-state index in [9.17, 15) is 9.59 Å². The minimum atomic E-state index is -0.372. The summed E-state index contributed by atoms with van der Waals surface area (Å²) in [4.78, 5) is 27.2. The molecule has 2 aromatic rings. The van der Waals surface area contributed by atoms with Crippen LogP contribution in [0.15, 0.2) is 17.8 Å². The van der Waals surface area contributed by atoms with Crippen molar-refractivity contribution in [3.05, 3.63) is 28.6 Å². The Morgan fingerprint density at radius 3 is 2.96 bits per heavy atom. The molecule has 1 aliphatic heterocycles. The first-order valence-electron chi connectivity index (χ1n) is 7.43. The smallest absolute Gasteiger partial charge is 0.254 e. The highest BCUT2D eigenvalue weighted by atomic mass is 35.5. The van der Waals surface area contributed by atoms with Crippen LogP contribution < -0.4 is 10.6 Å². The van der Waals surface area contributed by atoms with Crippen molar-refractivity contribution < 1.29 is 9.59 Å². The van der Waals surface area contributed by atoms with E-state index in [0.29, 0.717) is 27.9 Å². The molecule has 4 rings (SSSR count). The van der Waals surface area contributed by atoms with Crippen LogP contribution in [0.5, 0.6) is 0 Å². The summed E-state index contributed by atoms with van der Waals surface area (Å²) in [6.45, 7) is 0.878. The Balaban J connectivity index is 1.72. The lowest BCUT2D eigenvalue weighted by molar-refractivity contribution is -0.124. The van der Waals surface area contributed by atoms with Crippen LogP contribution in [0.2, 0.25) is 5.15 Å². The van der Waals surface area contributed by atoms with E-state index < -0.39 is 0 Å². The second-order valence-electron chi connectivity index (χ2n) is 5.85. The van der Waals surface area contributed by atoms with Crippen LogP contribution in [0.1, 0.15) is 24.8 Å². The van der Waals surface area contributed by atoms with Crippen LogP contribution in [0.4, 0.5) is 5.82 Å². The molecule has 2 N–H and O–H groups in total. The molecule has 0 spiro atoms. The predicted octanol–water partition coefficient (Wildman–Crippen LogP) is 1.63. The molecule has 0 bridgehead atoms. The highest BCUT2D eigenvalue weighted by Crippen LogP contribution is 2.29. The van der Waals surface area contributed by atoms with Gasteiger partial charge in [0.15, 0.2) is 5.65 Å². The molecular formula is C15H14ClN5O2. The number of nitrogens with zero attached hydrogens (tertiary/aromatic N) is 3. The lowest BCUT2D eigenvalue weighted by atomic mass is 10.1. The number of anilines is 1. The third kappa shape index (κ3) is 2.79. The number of aromatic nitrogens is 3. The molecule has 1 aliphatic carbocycles. The van der Waals surface area contributed by atoms with Gasteiger partial charge >= 0.3 is 0 Å². The Hall–Kier alpha value is -2.41. The van der Waals surface area contributed by atoms with E-state index in [1.54, 1.807) is 22.9 Å². The first kappa shape index (κ1) is 14.2. The zero-order chi connectivity index (χ0) is 16.0. The molecule has 8 heteroatoms. The van der Waals surface area contributed by atoms with Gasteiger partial charge in [0.1, 0.15) is 11.0 Å². The number of hydrogen-bond donors (Lipinski definition) is 2. The van der Waals surface area contributed by atoms with Crippen molar-refractivity contribution in [3.8, 4) is 0 Å². The quantitative estimate of drug-likeness (QED) is 0.505. The number of carbonyl (C=O) groups is 2. The SMILES string of the molecule is O=C1C/C(=C/c2cnn3c(NCC4CC4)cc(Cl)nc23)C(=O)N1. The summed E-state index contributed by atoms with van der Waals surface area (Å²) in [7, 11) is 0. The molecule has 1 saturated carbocycles. The molecule has 7 nitrogen and oxygen atoms in total. The van der Waals surface area contributed by atoms with Gasteiger partial charge in [-0.05, 0) is 24.8 Å². The maximum Gasteiger partial charge on any atom is 0.254 e. The van der Waals surface area contributed by atoms with Gasteiger partial charge in [-0.3, -0.25) is 14.9 Å². The lowest BCUT2D eigenvalue weighted by Gasteiger charge is -2.08. The predicted molar refractivity (Wildman–Crippen MR) is 85.0 cm³/mol. The number of fused-ring (bicyclic) bond motifs is 1. The van der Waals surface area contributed by atoms with Crippen molar-refractivity contribution in [1.82, 2.24) is 19.9 Å². The standard InChI is InChI=1S/C15H14ClN5O2/c16-11-5-12(17-6-8-1-2-8)21-14(19-11)10(7-18-21)3-9-4-13(22)20-15(9)23/h3,5,7-8,17H,1-2,4,6H2,(H,20,22,23)/b9-3-. The zero-order valence-corrected chi connectivity index (χ0v) is 12.9. The highest BCUT2D eigenvalue weighted by Gasteiger charge is 2.25. The van der Waals surface area contributed by atoms with Gasteiger partial charge < -0.3 is 5.32 Å². The Labute approximate surface area is 136 Å². The summed E-state index contributed by atoms with van der Waals surface area (Å²) >= 11 is 6.11. The van der Waals surface area contributed by atoms with E-state index in [1.165, 1.54) is 12.8 Å². The van der Waals surface area contributed by atoms with E-state index >= 15 is 0 Å². The van der Waals surface area contributed by atoms with Crippen LogP contribution in [0, 0.1) is 5.92 Å². The average Bonchev–Trinajstić information content (AvgIpc) is 3.17. The number of carbonyl (C=O) groups excluding carboxylic acids is 2. The summed E-state index contributed by atoms with van der Waals surface area (Å²) in [6, 6.07) is 1.73. The van der Waals surface area contributed by atoms with Crippen LogP contribution >= 0.6 is 11.6 Å². The summed E-state index contributed by atoms with van der Waals surface area (Å²) in [5.74, 6) is 0.810. The highest BCUT2D eigenvalue weighted by molar-refractivity contribution is 6.29. The fourth-order valence-electron chi connectivity index (χ4n) is 2.56. The molecule has 0 unspecified atom stereocenters. The van der Waals surface area contributed by atoms with Crippen molar-refractivity contribution in [3.63, 3.8) is 0 Å². The Morgan fingerprint density at radius 1 is 1.43 bits per heavy atom. The molecule has 3 heterocycles. The van der Waals surface area contributed by atoms with E-state index in [-0.39, 0.29) is 18.2 Å². The first-order chi connectivity index (χ1) is 11.1. The summed E-state index contributed by atoms with van der Waals surface area (Å²) in [5, 5.41) is 10.3. The van der Waals surface area contributed by atoms with Crippen molar-refractivity contribution >= 4 is 41.0 Å². The van der Waals surface area contributed by atoms with Gasteiger partial charge in [-0.15, -0.1) is 0 Å².